The van der Waals surface area contributed by atoms with Crippen molar-refractivity contribution in [2.75, 3.05) is 41.4 Å². The summed E-state index contributed by atoms with van der Waals surface area (Å²) in [6.45, 7) is 1.62. The van der Waals surface area contributed by atoms with Crippen LogP contribution in [0.15, 0.2) is 18.2 Å². The Balaban J connectivity index is 1.90. The number of ether oxygens (including phenoxy) is 2. The highest BCUT2D eigenvalue weighted by Crippen LogP contribution is 2.46. The number of hydrogen-bond donors (Lipinski definition) is 2. The van der Waals surface area contributed by atoms with Crippen molar-refractivity contribution in [3.63, 3.8) is 0 Å². The number of hydrogen-bond acceptors (Lipinski definition) is 5. The average Bonchev–Trinajstić information content (AvgIpc) is 3.40. The van der Waals surface area contributed by atoms with Crippen LogP contribution in [0.4, 0.5) is 0 Å². The average molecular weight is 349 g/mol. The van der Waals surface area contributed by atoms with Crippen LogP contribution in [-0.4, -0.2) is 58.1 Å². The Morgan fingerprint density at radius 3 is 2.28 bits per heavy atom. The van der Waals surface area contributed by atoms with Gasteiger partial charge in [0.2, 0.25) is 11.8 Å². The number of nitrogens with zero attached hydrogens (tertiary/aromatic N) is 1. The Labute approximate surface area is 148 Å². The van der Waals surface area contributed by atoms with E-state index in [1.807, 2.05) is 31.1 Å². The molecule has 0 bridgehead atoms. The number of benzene rings is 1. The zero-order valence-electron chi connectivity index (χ0n) is 15.3. The smallest absolute Gasteiger partial charge is 0.235 e. The molecule has 7 nitrogen and oxygen atoms in total. The van der Waals surface area contributed by atoms with Gasteiger partial charge in [-0.1, -0.05) is 6.07 Å². The van der Waals surface area contributed by atoms with Gasteiger partial charge in [0.15, 0.2) is 11.5 Å². The fraction of sp³-hybridized carbons (Fsp3) is 0.556. The van der Waals surface area contributed by atoms with E-state index in [4.69, 9.17) is 9.47 Å². The quantitative estimate of drug-likeness (QED) is 0.644. The molecule has 0 aromatic heterocycles. The summed E-state index contributed by atoms with van der Waals surface area (Å²) in [7, 11) is 7.02. The Kier molecular flexibility index (Phi) is 6.25. The molecule has 2 rings (SSSR count). The molecule has 1 aromatic carbocycles. The van der Waals surface area contributed by atoms with Crippen molar-refractivity contribution in [1.29, 1.82) is 0 Å². The van der Waals surface area contributed by atoms with Crippen LogP contribution < -0.4 is 20.1 Å². The van der Waals surface area contributed by atoms with Gasteiger partial charge in [0, 0.05) is 19.6 Å². The lowest BCUT2D eigenvalue weighted by Crippen LogP contribution is -2.44. The highest BCUT2D eigenvalue weighted by Gasteiger charge is 2.56. The van der Waals surface area contributed by atoms with Gasteiger partial charge < -0.3 is 25.0 Å². The first-order valence-electron chi connectivity index (χ1n) is 8.35. The molecule has 0 atom stereocenters. The molecule has 1 aromatic rings. The first-order valence-corrected chi connectivity index (χ1v) is 8.35. The lowest BCUT2D eigenvalue weighted by Gasteiger charge is -2.17. The maximum atomic E-state index is 12.5. The number of nitrogens with one attached hydrogen (secondary N) is 2. The van der Waals surface area contributed by atoms with Gasteiger partial charge in [0.1, 0.15) is 5.41 Å². The van der Waals surface area contributed by atoms with Crippen molar-refractivity contribution in [2.24, 2.45) is 5.41 Å². The van der Waals surface area contributed by atoms with Gasteiger partial charge in [-0.05, 0) is 44.6 Å². The number of carbonyl (C=O) groups is 2. The lowest BCUT2D eigenvalue weighted by atomic mass is 10.0. The van der Waals surface area contributed by atoms with E-state index in [9.17, 15) is 9.59 Å². The predicted octanol–water partition coefficient (Wildman–Crippen LogP) is 0.778. The molecule has 0 saturated heterocycles. The van der Waals surface area contributed by atoms with Crippen LogP contribution in [0.5, 0.6) is 11.5 Å². The number of amides is 2. The van der Waals surface area contributed by atoms with Crippen molar-refractivity contribution in [3.05, 3.63) is 23.8 Å². The van der Waals surface area contributed by atoms with Gasteiger partial charge in [0.25, 0.3) is 0 Å². The van der Waals surface area contributed by atoms with Crippen molar-refractivity contribution >= 4 is 11.8 Å². The third-order valence-corrected chi connectivity index (χ3v) is 4.36. The summed E-state index contributed by atoms with van der Waals surface area (Å²) in [5.41, 5.74) is -0.0158. The van der Waals surface area contributed by atoms with Gasteiger partial charge in [-0.2, -0.15) is 0 Å². The van der Waals surface area contributed by atoms with E-state index in [-0.39, 0.29) is 11.8 Å². The van der Waals surface area contributed by atoms with E-state index in [2.05, 4.69) is 10.6 Å². The second-order valence-electron chi connectivity index (χ2n) is 6.51. The zero-order valence-corrected chi connectivity index (χ0v) is 15.3. The fourth-order valence-corrected chi connectivity index (χ4v) is 2.59. The molecular weight excluding hydrogens is 322 g/mol. The summed E-state index contributed by atoms with van der Waals surface area (Å²) >= 11 is 0. The Hall–Kier alpha value is -2.28. The predicted molar refractivity (Wildman–Crippen MR) is 94.6 cm³/mol. The SMILES string of the molecule is COc1ccc(CNC(=O)C2(C(=O)NCCN(C)C)CC2)cc1OC. The number of rotatable bonds is 9. The molecule has 25 heavy (non-hydrogen) atoms. The van der Waals surface area contributed by atoms with E-state index in [0.29, 0.717) is 37.4 Å². The summed E-state index contributed by atoms with van der Waals surface area (Å²) < 4.78 is 10.5. The largest absolute Gasteiger partial charge is 0.493 e. The third kappa shape index (κ3) is 4.63. The van der Waals surface area contributed by atoms with Crippen LogP contribution in [0.25, 0.3) is 0 Å². The highest BCUT2D eigenvalue weighted by molar-refractivity contribution is 6.07. The minimum atomic E-state index is -0.900. The normalized spacial score (nSPS) is 14.8. The summed E-state index contributed by atoms with van der Waals surface area (Å²) in [4.78, 5) is 26.8. The Bertz CT molecular complexity index is 627. The molecule has 1 saturated carbocycles. The molecule has 1 aliphatic rings. The van der Waals surface area contributed by atoms with Crippen LogP contribution in [0, 0.1) is 5.41 Å². The second kappa shape index (κ2) is 8.20. The van der Waals surface area contributed by atoms with Gasteiger partial charge in [0.05, 0.1) is 14.2 Å². The summed E-state index contributed by atoms with van der Waals surface area (Å²) in [6, 6.07) is 5.47. The lowest BCUT2D eigenvalue weighted by molar-refractivity contribution is -0.137. The molecule has 0 spiro atoms. The van der Waals surface area contributed by atoms with Crippen LogP contribution in [0.1, 0.15) is 18.4 Å². The zero-order chi connectivity index (χ0) is 18.4. The molecule has 7 heteroatoms. The number of carbonyl (C=O) groups excluding carboxylic acids is 2. The van der Waals surface area contributed by atoms with Gasteiger partial charge in [-0.25, -0.2) is 0 Å². The third-order valence-electron chi connectivity index (χ3n) is 4.36. The maximum absolute atomic E-state index is 12.5. The minimum Gasteiger partial charge on any atom is -0.493 e. The van der Waals surface area contributed by atoms with E-state index < -0.39 is 5.41 Å². The summed E-state index contributed by atoms with van der Waals surface area (Å²) in [5, 5.41) is 5.72. The van der Waals surface area contributed by atoms with Crippen molar-refractivity contribution in [1.82, 2.24) is 15.5 Å². The summed E-state index contributed by atoms with van der Waals surface area (Å²) in [6.07, 6.45) is 1.19. The molecule has 1 fully saturated rings. The highest BCUT2D eigenvalue weighted by atomic mass is 16.5. The van der Waals surface area contributed by atoms with Gasteiger partial charge in [-0.15, -0.1) is 0 Å². The maximum Gasteiger partial charge on any atom is 0.235 e. The standard InChI is InChI=1S/C18H27N3O4/c1-21(2)10-9-19-16(22)18(7-8-18)17(23)20-12-13-5-6-14(24-3)15(11-13)25-4/h5-6,11H,7-10,12H2,1-4H3,(H,19,22)(H,20,23). The Morgan fingerprint density at radius 2 is 1.72 bits per heavy atom. The van der Waals surface area contributed by atoms with Crippen molar-refractivity contribution in [2.45, 2.75) is 19.4 Å². The fourth-order valence-electron chi connectivity index (χ4n) is 2.59. The van der Waals surface area contributed by atoms with Crippen LogP contribution in [0.3, 0.4) is 0 Å². The monoisotopic (exact) mass is 349 g/mol. The number of likely N-dealkylation sites (N-methyl/N-ethyl adjacent to an activating group) is 1. The van der Waals surface area contributed by atoms with Crippen LogP contribution in [0.2, 0.25) is 0 Å². The van der Waals surface area contributed by atoms with Crippen molar-refractivity contribution in [3.8, 4) is 11.5 Å². The molecular formula is C18H27N3O4. The minimum absolute atomic E-state index is 0.181. The molecule has 2 N–H and O–H groups in total. The molecule has 0 heterocycles. The molecule has 0 unspecified atom stereocenters. The number of methoxy groups -OCH3 is 2. The topological polar surface area (TPSA) is 79.9 Å². The van der Waals surface area contributed by atoms with E-state index in [1.165, 1.54) is 0 Å². The second-order valence-corrected chi connectivity index (χ2v) is 6.51. The summed E-state index contributed by atoms with van der Waals surface area (Å²) in [5.74, 6) is 0.845. The molecule has 1 aliphatic carbocycles. The van der Waals surface area contributed by atoms with E-state index in [0.717, 1.165) is 12.1 Å². The molecule has 0 aliphatic heterocycles. The van der Waals surface area contributed by atoms with Crippen molar-refractivity contribution < 1.29 is 19.1 Å². The van der Waals surface area contributed by atoms with Gasteiger partial charge in [-0.3, -0.25) is 9.59 Å². The Morgan fingerprint density at radius 1 is 1.08 bits per heavy atom. The first-order chi connectivity index (χ1) is 11.9. The van der Waals surface area contributed by atoms with E-state index in [1.54, 1.807) is 20.3 Å². The molecule has 0 radical (unpaired) electrons. The molecule has 2 amide bonds. The molecule has 138 valence electrons. The van der Waals surface area contributed by atoms with Crippen LogP contribution in [-0.2, 0) is 16.1 Å². The van der Waals surface area contributed by atoms with E-state index >= 15 is 0 Å². The first kappa shape index (κ1) is 19.1. The van der Waals surface area contributed by atoms with Crippen LogP contribution >= 0.6 is 0 Å². The van der Waals surface area contributed by atoms with Gasteiger partial charge >= 0.3 is 0 Å².